The third-order valence-electron chi connectivity index (χ3n) is 4.48. The Morgan fingerprint density at radius 3 is 2.72 bits per heavy atom. The Morgan fingerprint density at radius 1 is 1.33 bits per heavy atom. The third-order valence-corrected chi connectivity index (χ3v) is 4.48. The van der Waals surface area contributed by atoms with E-state index in [1.54, 1.807) is 6.07 Å². The zero-order chi connectivity index (χ0) is 12.5. The van der Waals surface area contributed by atoms with Crippen LogP contribution in [0.5, 0.6) is 0 Å². The van der Waals surface area contributed by atoms with Crippen molar-refractivity contribution in [2.24, 2.45) is 5.92 Å². The summed E-state index contributed by atoms with van der Waals surface area (Å²) in [5, 5.41) is 3.27. The fourth-order valence-corrected chi connectivity index (χ4v) is 3.45. The highest BCUT2D eigenvalue weighted by atomic mass is 19.1. The maximum Gasteiger partial charge on any atom is 0.214 e. The quantitative estimate of drug-likeness (QED) is 0.834. The van der Waals surface area contributed by atoms with Gasteiger partial charge in [-0.15, -0.1) is 0 Å². The van der Waals surface area contributed by atoms with Crippen molar-refractivity contribution < 1.29 is 4.39 Å². The molecule has 2 bridgehead atoms. The number of rotatable bonds is 3. The van der Waals surface area contributed by atoms with E-state index < -0.39 is 5.95 Å². The number of nitrogens with one attached hydrogen (secondary N) is 1. The Bertz CT molecular complexity index is 409. The van der Waals surface area contributed by atoms with Crippen LogP contribution in [0.4, 0.5) is 10.2 Å². The molecule has 2 fully saturated rings. The van der Waals surface area contributed by atoms with Crippen molar-refractivity contribution in [2.75, 3.05) is 18.9 Å². The van der Waals surface area contributed by atoms with Crippen LogP contribution in [0.15, 0.2) is 18.2 Å². The standard InChI is InChI=1S/C14H20FN3/c1-18-11-5-6-12(18)8-10(7-11)9-16-14-4-2-3-13(15)17-14/h2-4,10-12H,5-9H2,1H3,(H,16,17). The van der Waals surface area contributed by atoms with E-state index >= 15 is 0 Å². The lowest BCUT2D eigenvalue weighted by Crippen LogP contribution is -2.41. The summed E-state index contributed by atoms with van der Waals surface area (Å²) in [7, 11) is 2.25. The number of hydrogen-bond acceptors (Lipinski definition) is 3. The molecule has 2 aliphatic heterocycles. The van der Waals surface area contributed by atoms with E-state index in [1.807, 2.05) is 6.07 Å². The van der Waals surface area contributed by atoms with Gasteiger partial charge in [0, 0.05) is 18.6 Å². The minimum Gasteiger partial charge on any atom is -0.370 e. The molecule has 0 aliphatic carbocycles. The molecule has 0 saturated carbocycles. The number of fused-ring (bicyclic) bond motifs is 2. The molecule has 2 saturated heterocycles. The van der Waals surface area contributed by atoms with Gasteiger partial charge in [0.05, 0.1) is 0 Å². The Hall–Kier alpha value is -1.16. The van der Waals surface area contributed by atoms with Crippen LogP contribution in [0.2, 0.25) is 0 Å². The monoisotopic (exact) mass is 249 g/mol. The predicted molar refractivity (Wildman–Crippen MR) is 70.0 cm³/mol. The van der Waals surface area contributed by atoms with Crippen molar-refractivity contribution in [3.05, 3.63) is 24.1 Å². The molecule has 2 unspecified atom stereocenters. The van der Waals surface area contributed by atoms with Crippen LogP contribution in [0.25, 0.3) is 0 Å². The molecule has 1 N–H and O–H groups in total. The summed E-state index contributed by atoms with van der Waals surface area (Å²) in [6.45, 7) is 0.914. The minimum absolute atomic E-state index is 0.413. The summed E-state index contributed by atoms with van der Waals surface area (Å²) in [6, 6.07) is 6.42. The average Bonchev–Trinajstić information content (AvgIpc) is 2.60. The highest BCUT2D eigenvalue weighted by Gasteiger charge is 2.38. The lowest BCUT2D eigenvalue weighted by molar-refractivity contribution is 0.139. The molecular formula is C14H20FN3. The smallest absolute Gasteiger partial charge is 0.214 e. The van der Waals surface area contributed by atoms with E-state index in [1.165, 1.54) is 31.7 Å². The van der Waals surface area contributed by atoms with Gasteiger partial charge in [-0.1, -0.05) is 6.07 Å². The molecule has 2 aliphatic rings. The molecule has 3 rings (SSSR count). The molecule has 1 aromatic heterocycles. The topological polar surface area (TPSA) is 28.2 Å². The van der Waals surface area contributed by atoms with E-state index in [4.69, 9.17) is 0 Å². The SMILES string of the molecule is CN1C2CCC1CC(CNc1cccc(F)n1)C2. The van der Waals surface area contributed by atoms with Gasteiger partial charge in [-0.2, -0.15) is 4.39 Å². The molecule has 98 valence electrons. The zero-order valence-electron chi connectivity index (χ0n) is 10.8. The fraction of sp³-hybridized carbons (Fsp3) is 0.643. The van der Waals surface area contributed by atoms with Crippen LogP contribution in [0, 0.1) is 11.9 Å². The summed E-state index contributed by atoms with van der Waals surface area (Å²) in [5.41, 5.74) is 0. The molecule has 0 spiro atoms. The van der Waals surface area contributed by atoms with Gasteiger partial charge >= 0.3 is 0 Å². The molecule has 4 heteroatoms. The van der Waals surface area contributed by atoms with E-state index in [0.29, 0.717) is 11.7 Å². The first-order chi connectivity index (χ1) is 8.72. The summed E-state index contributed by atoms with van der Waals surface area (Å²) >= 11 is 0. The Balaban J connectivity index is 1.55. The van der Waals surface area contributed by atoms with E-state index in [0.717, 1.165) is 18.6 Å². The van der Waals surface area contributed by atoms with Crippen molar-refractivity contribution in [1.82, 2.24) is 9.88 Å². The number of piperidine rings is 1. The Morgan fingerprint density at radius 2 is 2.06 bits per heavy atom. The van der Waals surface area contributed by atoms with E-state index in [2.05, 4.69) is 22.2 Å². The zero-order valence-corrected chi connectivity index (χ0v) is 10.8. The third kappa shape index (κ3) is 2.34. The summed E-state index contributed by atoms with van der Waals surface area (Å²) in [4.78, 5) is 6.38. The van der Waals surface area contributed by atoms with Crippen molar-refractivity contribution in [1.29, 1.82) is 0 Å². The Kier molecular flexibility index (Phi) is 3.20. The van der Waals surface area contributed by atoms with Crippen LogP contribution in [0.3, 0.4) is 0 Å². The van der Waals surface area contributed by atoms with Gasteiger partial charge in [0.15, 0.2) is 0 Å². The molecule has 0 amide bonds. The van der Waals surface area contributed by atoms with Gasteiger partial charge in [-0.3, -0.25) is 0 Å². The van der Waals surface area contributed by atoms with Crippen LogP contribution < -0.4 is 5.32 Å². The van der Waals surface area contributed by atoms with Crippen molar-refractivity contribution in [3.8, 4) is 0 Å². The van der Waals surface area contributed by atoms with Gasteiger partial charge in [0.1, 0.15) is 5.82 Å². The van der Waals surface area contributed by atoms with Crippen LogP contribution in [-0.2, 0) is 0 Å². The fourth-order valence-electron chi connectivity index (χ4n) is 3.45. The first kappa shape index (κ1) is 11.9. The number of aromatic nitrogens is 1. The molecule has 0 radical (unpaired) electrons. The number of halogens is 1. The molecule has 2 atom stereocenters. The number of anilines is 1. The van der Waals surface area contributed by atoms with E-state index in [-0.39, 0.29) is 0 Å². The lowest BCUT2D eigenvalue weighted by atomic mass is 9.91. The van der Waals surface area contributed by atoms with Crippen LogP contribution >= 0.6 is 0 Å². The molecule has 18 heavy (non-hydrogen) atoms. The molecular weight excluding hydrogens is 229 g/mol. The summed E-state index contributed by atoms with van der Waals surface area (Å²) in [5.74, 6) is 0.938. The summed E-state index contributed by atoms with van der Waals surface area (Å²) in [6.07, 6.45) is 5.20. The summed E-state index contributed by atoms with van der Waals surface area (Å²) < 4.78 is 13.0. The van der Waals surface area contributed by atoms with Crippen LogP contribution in [0.1, 0.15) is 25.7 Å². The Labute approximate surface area is 107 Å². The van der Waals surface area contributed by atoms with Gasteiger partial charge in [0.2, 0.25) is 5.95 Å². The van der Waals surface area contributed by atoms with Crippen molar-refractivity contribution in [2.45, 2.75) is 37.8 Å². The number of nitrogens with zero attached hydrogens (tertiary/aromatic N) is 2. The second-order valence-electron chi connectivity index (χ2n) is 5.61. The molecule has 1 aromatic rings. The van der Waals surface area contributed by atoms with Gasteiger partial charge in [0.25, 0.3) is 0 Å². The maximum absolute atomic E-state index is 13.0. The van der Waals surface area contributed by atoms with Gasteiger partial charge in [-0.25, -0.2) is 4.98 Å². The maximum atomic E-state index is 13.0. The molecule has 0 aromatic carbocycles. The lowest BCUT2D eigenvalue weighted by Gasteiger charge is -2.36. The second-order valence-corrected chi connectivity index (χ2v) is 5.61. The number of pyridine rings is 1. The minimum atomic E-state index is -0.413. The largest absolute Gasteiger partial charge is 0.370 e. The molecule has 3 nitrogen and oxygen atoms in total. The number of hydrogen-bond donors (Lipinski definition) is 1. The van der Waals surface area contributed by atoms with Gasteiger partial charge in [-0.05, 0) is 50.8 Å². The van der Waals surface area contributed by atoms with Crippen molar-refractivity contribution >= 4 is 5.82 Å². The first-order valence-corrected chi connectivity index (χ1v) is 6.81. The average molecular weight is 249 g/mol. The predicted octanol–water partition coefficient (Wildman–Crippen LogP) is 2.51. The highest BCUT2D eigenvalue weighted by molar-refractivity contribution is 5.33. The first-order valence-electron chi connectivity index (χ1n) is 6.81. The van der Waals surface area contributed by atoms with Crippen LogP contribution in [-0.4, -0.2) is 35.6 Å². The van der Waals surface area contributed by atoms with E-state index in [9.17, 15) is 4.39 Å². The van der Waals surface area contributed by atoms with Crippen molar-refractivity contribution in [3.63, 3.8) is 0 Å². The van der Waals surface area contributed by atoms with Gasteiger partial charge < -0.3 is 10.2 Å². The second kappa shape index (κ2) is 4.84. The highest BCUT2D eigenvalue weighted by Crippen LogP contribution is 2.37. The normalized spacial score (nSPS) is 31.6. The molecule has 3 heterocycles.